The number of hydrogen-bond acceptors (Lipinski definition) is 3. The molecule has 0 aliphatic heterocycles. The molecule has 0 saturated carbocycles. The van der Waals surface area contributed by atoms with Crippen LogP contribution in [0.2, 0.25) is 5.02 Å². The fraction of sp³-hybridized carbons (Fsp3) is 0.0625. The van der Waals surface area contributed by atoms with Crippen LogP contribution in [0.1, 0.15) is 22.9 Å². The number of nitrogens with two attached hydrogens (primary N) is 1. The highest BCUT2D eigenvalue weighted by atomic mass is 35.5. The molecule has 0 amide bonds. The van der Waals surface area contributed by atoms with Crippen LogP contribution < -0.4 is 5.73 Å². The average Bonchev–Trinajstić information content (AvgIpc) is 2.92. The molecule has 20 heavy (non-hydrogen) atoms. The summed E-state index contributed by atoms with van der Waals surface area (Å²) >= 11 is 6.09. The Bertz CT molecular complexity index is 799. The van der Waals surface area contributed by atoms with E-state index < -0.39 is 0 Å². The van der Waals surface area contributed by atoms with Crippen molar-refractivity contribution in [1.29, 1.82) is 5.26 Å². The minimum Gasteiger partial charge on any atom is -0.457 e. The van der Waals surface area contributed by atoms with Crippen molar-refractivity contribution in [3.8, 4) is 6.07 Å². The smallest absolute Gasteiger partial charge is 0.152 e. The third kappa shape index (κ3) is 2.16. The monoisotopic (exact) mass is 282 g/mol. The molecule has 0 radical (unpaired) electrons. The van der Waals surface area contributed by atoms with Crippen molar-refractivity contribution in [2.24, 2.45) is 5.73 Å². The predicted molar refractivity (Wildman–Crippen MR) is 78.4 cm³/mol. The molecule has 2 aromatic carbocycles. The van der Waals surface area contributed by atoms with Gasteiger partial charge in [-0.05, 0) is 29.8 Å². The SMILES string of the molecule is N#Cc1ccc(C(N)c2cc3cccc(Cl)c3o2)cc1. The van der Waals surface area contributed by atoms with Gasteiger partial charge in [0.05, 0.1) is 22.7 Å². The first-order chi connectivity index (χ1) is 9.69. The standard InChI is InChI=1S/C16H11ClN2O/c17-13-3-1-2-12-8-14(20-16(12)13)15(19)11-6-4-10(9-18)5-7-11/h1-8,15H,19H2. The zero-order valence-corrected chi connectivity index (χ0v) is 11.3. The van der Waals surface area contributed by atoms with Crippen LogP contribution in [0, 0.1) is 11.3 Å². The number of benzene rings is 2. The summed E-state index contributed by atoms with van der Waals surface area (Å²) in [5.74, 6) is 0.651. The van der Waals surface area contributed by atoms with Crippen LogP contribution in [0.5, 0.6) is 0 Å². The van der Waals surface area contributed by atoms with Crippen molar-refractivity contribution in [1.82, 2.24) is 0 Å². The molecule has 0 bridgehead atoms. The molecular formula is C16H11ClN2O. The van der Waals surface area contributed by atoms with Crippen molar-refractivity contribution < 1.29 is 4.42 Å². The normalized spacial score (nSPS) is 12.2. The number of nitrogens with zero attached hydrogens (tertiary/aromatic N) is 1. The van der Waals surface area contributed by atoms with E-state index in [1.165, 1.54) is 0 Å². The molecule has 0 fully saturated rings. The van der Waals surface area contributed by atoms with Gasteiger partial charge in [-0.2, -0.15) is 5.26 Å². The van der Waals surface area contributed by atoms with Crippen LogP contribution in [0.3, 0.4) is 0 Å². The van der Waals surface area contributed by atoms with Crippen LogP contribution in [-0.2, 0) is 0 Å². The van der Waals surface area contributed by atoms with Crippen molar-refractivity contribution >= 4 is 22.6 Å². The van der Waals surface area contributed by atoms with Gasteiger partial charge in [-0.25, -0.2) is 0 Å². The van der Waals surface area contributed by atoms with Gasteiger partial charge in [0, 0.05) is 5.39 Å². The fourth-order valence-corrected chi connectivity index (χ4v) is 2.35. The summed E-state index contributed by atoms with van der Waals surface area (Å²) in [6, 6.07) is 16.3. The topological polar surface area (TPSA) is 63.0 Å². The van der Waals surface area contributed by atoms with E-state index in [4.69, 9.17) is 27.0 Å². The Morgan fingerprint density at radius 2 is 1.90 bits per heavy atom. The number of rotatable bonds is 2. The van der Waals surface area contributed by atoms with Crippen molar-refractivity contribution in [3.63, 3.8) is 0 Å². The van der Waals surface area contributed by atoms with E-state index in [1.54, 1.807) is 18.2 Å². The summed E-state index contributed by atoms with van der Waals surface area (Å²) < 4.78 is 5.75. The Kier molecular flexibility index (Phi) is 3.19. The molecule has 0 spiro atoms. The third-order valence-corrected chi connectivity index (χ3v) is 3.52. The van der Waals surface area contributed by atoms with Crippen LogP contribution in [0.15, 0.2) is 52.9 Å². The summed E-state index contributed by atoms with van der Waals surface area (Å²) in [6.07, 6.45) is 0. The lowest BCUT2D eigenvalue weighted by atomic mass is 10.0. The van der Waals surface area contributed by atoms with Crippen LogP contribution in [0.25, 0.3) is 11.0 Å². The Balaban J connectivity index is 2.01. The first-order valence-corrected chi connectivity index (χ1v) is 6.50. The van der Waals surface area contributed by atoms with Gasteiger partial charge < -0.3 is 10.2 Å². The van der Waals surface area contributed by atoms with Crippen LogP contribution in [0.4, 0.5) is 0 Å². The van der Waals surface area contributed by atoms with E-state index in [-0.39, 0.29) is 6.04 Å². The summed E-state index contributed by atoms with van der Waals surface area (Å²) in [5, 5.41) is 10.3. The van der Waals surface area contributed by atoms with Gasteiger partial charge in [0.25, 0.3) is 0 Å². The molecule has 4 heteroatoms. The summed E-state index contributed by atoms with van der Waals surface area (Å²) in [7, 11) is 0. The van der Waals surface area contributed by atoms with Crippen LogP contribution in [-0.4, -0.2) is 0 Å². The minimum absolute atomic E-state index is 0.383. The third-order valence-electron chi connectivity index (χ3n) is 3.22. The lowest BCUT2D eigenvalue weighted by molar-refractivity contribution is 0.525. The summed E-state index contributed by atoms with van der Waals surface area (Å²) in [5.41, 5.74) is 8.34. The number of halogens is 1. The molecule has 1 aromatic heterocycles. The molecule has 2 N–H and O–H groups in total. The molecule has 3 nitrogen and oxygen atoms in total. The number of furan rings is 1. The molecule has 0 aliphatic rings. The maximum atomic E-state index is 8.80. The van der Waals surface area contributed by atoms with Gasteiger partial charge in [-0.3, -0.25) is 0 Å². The van der Waals surface area contributed by atoms with Gasteiger partial charge >= 0.3 is 0 Å². The maximum Gasteiger partial charge on any atom is 0.152 e. The molecule has 1 unspecified atom stereocenters. The van der Waals surface area contributed by atoms with Gasteiger partial charge in [0.15, 0.2) is 5.58 Å². The number of fused-ring (bicyclic) bond motifs is 1. The predicted octanol–water partition coefficient (Wildman–Crippen LogP) is 4.01. The molecule has 1 atom stereocenters. The van der Waals surface area contributed by atoms with E-state index in [2.05, 4.69) is 6.07 Å². The van der Waals surface area contributed by atoms with E-state index in [9.17, 15) is 0 Å². The average molecular weight is 283 g/mol. The zero-order chi connectivity index (χ0) is 14.1. The Labute approximate surface area is 121 Å². The zero-order valence-electron chi connectivity index (χ0n) is 10.5. The lowest BCUT2D eigenvalue weighted by Crippen LogP contribution is -2.10. The highest BCUT2D eigenvalue weighted by Crippen LogP contribution is 2.30. The first-order valence-electron chi connectivity index (χ1n) is 6.12. The quantitative estimate of drug-likeness (QED) is 0.772. The summed E-state index contributed by atoms with van der Waals surface area (Å²) in [6.45, 7) is 0. The Morgan fingerprint density at radius 3 is 2.55 bits per heavy atom. The van der Waals surface area contributed by atoms with Crippen molar-refractivity contribution in [2.45, 2.75) is 6.04 Å². The van der Waals surface area contributed by atoms with Crippen LogP contribution >= 0.6 is 11.6 Å². The number of para-hydroxylation sites is 1. The van der Waals surface area contributed by atoms with Gasteiger partial charge in [0.2, 0.25) is 0 Å². The maximum absolute atomic E-state index is 8.80. The van der Waals surface area contributed by atoms with E-state index >= 15 is 0 Å². The molecule has 1 heterocycles. The van der Waals surface area contributed by atoms with E-state index in [1.807, 2.05) is 30.3 Å². The fourth-order valence-electron chi connectivity index (χ4n) is 2.13. The van der Waals surface area contributed by atoms with E-state index in [0.29, 0.717) is 21.9 Å². The van der Waals surface area contributed by atoms with Gasteiger partial charge in [0.1, 0.15) is 5.76 Å². The van der Waals surface area contributed by atoms with E-state index in [0.717, 1.165) is 10.9 Å². The minimum atomic E-state index is -0.383. The largest absolute Gasteiger partial charge is 0.457 e. The number of nitriles is 1. The highest BCUT2D eigenvalue weighted by molar-refractivity contribution is 6.34. The second-order valence-electron chi connectivity index (χ2n) is 4.52. The second kappa shape index (κ2) is 5.01. The lowest BCUT2D eigenvalue weighted by Gasteiger charge is -2.08. The summed E-state index contributed by atoms with van der Waals surface area (Å²) in [4.78, 5) is 0. The van der Waals surface area contributed by atoms with Gasteiger partial charge in [-0.15, -0.1) is 0 Å². The molecule has 98 valence electrons. The molecular weight excluding hydrogens is 272 g/mol. The molecule has 3 rings (SSSR count). The first kappa shape index (κ1) is 12.7. The van der Waals surface area contributed by atoms with Crippen molar-refractivity contribution in [3.05, 3.63) is 70.4 Å². The number of hydrogen-bond donors (Lipinski definition) is 1. The Hall–Kier alpha value is -2.28. The highest BCUT2D eigenvalue weighted by Gasteiger charge is 2.15. The Morgan fingerprint density at radius 1 is 1.15 bits per heavy atom. The molecule has 0 saturated heterocycles. The van der Waals surface area contributed by atoms with Crippen molar-refractivity contribution in [2.75, 3.05) is 0 Å². The second-order valence-corrected chi connectivity index (χ2v) is 4.93. The van der Waals surface area contributed by atoms with Gasteiger partial charge in [-0.1, -0.05) is 35.9 Å². The molecule has 3 aromatic rings. The molecule has 0 aliphatic carbocycles.